The van der Waals surface area contributed by atoms with Gasteiger partial charge in [0.2, 0.25) is 11.8 Å². The summed E-state index contributed by atoms with van der Waals surface area (Å²) in [5.74, 6) is 0.576. The van der Waals surface area contributed by atoms with E-state index in [-0.39, 0.29) is 30.2 Å². The van der Waals surface area contributed by atoms with Crippen LogP contribution in [0.2, 0.25) is 5.02 Å². The summed E-state index contributed by atoms with van der Waals surface area (Å²) < 4.78 is 0. The van der Waals surface area contributed by atoms with Crippen molar-refractivity contribution in [3.8, 4) is 0 Å². The van der Waals surface area contributed by atoms with Gasteiger partial charge in [0.15, 0.2) is 0 Å². The number of anilines is 1. The SMILES string of the molecule is CC(C)SCCN1C(=O)C(CC(=O)Nc2ccccc2)CCC1c1ccc(Cl)cc1. The highest BCUT2D eigenvalue weighted by atomic mass is 35.5. The predicted octanol–water partition coefficient (Wildman–Crippen LogP) is 5.79. The van der Waals surface area contributed by atoms with Gasteiger partial charge in [0.05, 0.1) is 6.04 Å². The van der Waals surface area contributed by atoms with E-state index in [2.05, 4.69) is 19.2 Å². The van der Waals surface area contributed by atoms with E-state index in [9.17, 15) is 9.59 Å². The summed E-state index contributed by atoms with van der Waals surface area (Å²) in [5.41, 5.74) is 1.87. The molecule has 6 heteroatoms. The number of likely N-dealkylation sites (tertiary alicyclic amines) is 1. The van der Waals surface area contributed by atoms with Crippen LogP contribution in [0.3, 0.4) is 0 Å². The number of halogens is 1. The quantitative estimate of drug-likeness (QED) is 0.560. The molecule has 2 amide bonds. The Morgan fingerprint density at radius 1 is 1.13 bits per heavy atom. The summed E-state index contributed by atoms with van der Waals surface area (Å²) in [6, 6.07) is 17.2. The maximum atomic E-state index is 13.4. The van der Waals surface area contributed by atoms with E-state index in [1.54, 1.807) is 0 Å². The summed E-state index contributed by atoms with van der Waals surface area (Å²) in [4.78, 5) is 27.8. The number of hydrogen-bond acceptors (Lipinski definition) is 3. The second kappa shape index (κ2) is 10.9. The van der Waals surface area contributed by atoms with Crippen molar-refractivity contribution < 1.29 is 9.59 Å². The maximum Gasteiger partial charge on any atom is 0.226 e. The van der Waals surface area contributed by atoms with Crippen LogP contribution in [-0.4, -0.2) is 34.3 Å². The van der Waals surface area contributed by atoms with Crippen LogP contribution in [0.25, 0.3) is 0 Å². The summed E-state index contributed by atoms with van der Waals surface area (Å²) in [6.45, 7) is 5.01. The molecule has 3 rings (SSSR count). The van der Waals surface area contributed by atoms with E-state index >= 15 is 0 Å². The second-order valence-corrected chi connectivity index (χ2v) is 10.0. The molecule has 1 aliphatic rings. The largest absolute Gasteiger partial charge is 0.335 e. The number of amides is 2. The van der Waals surface area contributed by atoms with Crippen molar-refractivity contribution in [1.82, 2.24) is 4.90 Å². The molecule has 1 heterocycles. The number of hydrogen-bond donors (Lipinski definition) is 1. The standard InChI is InChI=1S/C24H29ClN2O2S/c1-17(2)30-15-14-27-22(18-8-11-20(25)12-9-18)13-10-19(24(27)29)16-23(28)26-21-6-4-3-5-7-21/h3-9,11-12,17,19,22H,10,13-16H2,1-2H3,(H,26,28). The molecule has 0 radical (unpaired) electrons. The molecule has 160 valence electrons. The lowest BCUT2D eigenvalue weighted by Gasteiger charge is -2.39. The van der Waals surface area contributed by atoms with Crippen LogP contribution >= 0.6 is 23.4 Å². The molecule has 2 aromatic carbocycles. The average Bonchev–Trinajstić information content (AvgIpc) is 2.72. The molecule has 0 aliphatic carbocycles. The number of para-hydroxylation sites is 1. The first-order chi connectivity index (χ1) is 14.4. The van der Waals surface area contributed by atoms with E-state index in [0.717, 1.165) is 23.4 Å². The highest BCUT2D eigenvalue weighted by Gasteiger charge is 2.36. The minimum absolute atomic E-state index is 0.0379. The van der Waals surface area contributed by atoms with Gasteiger partial charge in [-0.1, -0.05) is 55.8 Å². The fraction of sp³-hybridized carbons (Fsp3) is 0.417. The average molecular weight is 445 g/mol. The Labute approximate surface area is 188 Å². The lowest BCUT2D eigenvalue weighted by Crippen LogP contribution is -2.45. The van der Waals surface area contributed by atoms with Gasteiger partial charge in [-0.05, 0) is 47.9 Å². The number of piperidine rings is 1. The Morgan fingerprint density at radius 3 is 2.50 bits per heavy atom. The van der Waals surface area contributed by atoms with Gasteiger partial charge in [-0.25, -0.2) is 0 Å². The molecule has 2 unspecified atom stereocenters. The molecule has 4 nitrogen and oxygen atoms in total. The maximum absolute atomic E-state index is 13.4. The molecule has 0 saturated carbocycles. The Balaban J connectivity index is 1.69. The van der Waals surface area contributed by atoms with Crippen molar-refractivity contribution in [1.29, 1.82) is 0 Å². The fourth-order valence-electron chi connectivity index (χ4n) is 3.86. The summed E-state index contributed by atoms with van der Waals surface area (Å²) in [5, 5.41) is 4.12. The van der Waals surface area contributed by atoms with E-state index in [4.69, 9.17) is 11.6 Å². The van der Waals surface area contributed by atoms with Crippen LogP contribution in [0.15, 0.2) is 54.6 Å². The number of thioether (sulfide) groups is 1. The Morgan fingerprint density at radius 2 is 1.83 bits per heavy atom. The monoisotopic (exact) mass is 444 g/mol. The zero-order valence-corrected chi connectivity index (χ0v) is 19.1. The van der Waals surface area contributed by atoms with Crippen LogP contribution in [0.4, 0.5) is 5.69 Å². The van der Waals surface area contributed by atoms with E-state index in [1.807, 2.05) is 71.3 Å². The minimum atomic E-state index is -0.277. The summed E-state index contributed by atoms with van der Waals surface area (Å²) >= 11 is 7.90. The van der Waals surface area contributed by atoms with Crippen molar-refractivity contribution in [3.63, 3.8) is 0 Å². The van der Waals surface area contributed by atoms with Gasteiger partial charge >= 0.3 is 0 Å². The molecular weight excluding hydrogens is 416 g/mol. The molecule has 1 saturated heterocycles. The van der Waals surface area contributed by atoms with Crippen LogP contribution in [0.5, 0.6) is 0 Å². The van der Waals surface area contributed by atoms with Crippen molar-refractivity contribution in [2.45, 2.75) is 44.4 Å². The van der Waals surface area contributed by atoms with Crippen molar-refractivity contribution in [3.05, 3.63) is 65.2 Å². The zero-order chi connectivity index (χ0) is 21.5. The van der Waals surface area contributed by atoms with Crippen molar-refractivity contribution in [2.75, 3.05) is 17.6 Å². The Hall–Kier alpha value is -1.98. The van der Waals surface area contributed by atoms with Gasteiger partial charge in [-0.3, -0.25) is 9.59 Å². The molecule has 1 fully saturated rings. The van der Waals surface area contributed by atoms with Gasteiger partial charge < -0.3 is 10.2 Å². The smallest absolute Gasteiger partial charge is 0.226 e. The molecular formula is C24H29ClN2O2S. The number of nitrogens with one attached hydrogen (secondary N) is 1. The molecule has 1 aliphatic heterocycles. The molecule has 1 N–H and O–H groups in total. The Bertz CT molecular complexity index is 842. The van der Waals surface area contributed by atoms with Gasteiger partial charge in [-0.15, -0.1) is 0 Å². The minimum Gasteiger partial charge on any atom is -0.335 e. The van der Waals surface area contributed by atoms with E-state index in [0.29, 0.717) is 23.2 Å². The number of benzene rings is 2. The molecule has 0 spiro atoms. The third-order valence-electron chi connectivity index (χ3n) is 5.32. The number of nitrogens with zero attached hydrogens (tertiary/aromatic N) is 1. The van der Waals surface area contributed by atoms with Crippen LogP contribution in [-0.2, 0) is 9.59 Å². The lowest BCUT2D eigenvalue weighted by atomic mass is 9.86. The van der Waals surface area contributed by atoms with Crippen LogP contribution < -0.4 is 5.32 Å². The third-order valence-corrected chi connectivity index (χ3v) is 6.66. The van der Waals surface area contributed by atoms with Gasteiger partial charge in [0, 0.05) is 35.3 Å². The van der Waals surface area contributed by atoms with Gasteiger partial charge in [0.25, 0.3) is 0 Å². The number of carbonyl (C=O) groups excluding carboxylic acids is 2. The lowest BCUT2D eigenvalue weighted by molar-refractivity contribution is -0.143. The van der Waals surface area contributed by atoms with Crippen molar-refractivity contribution in [2.24, 2.45) is 5.92 Å². The first-order valence-corrected chi connectivity index (χ1v) is 11.9. The molecule has 2 aromatic rings. The highest BCUT2D eigenvalue weighted by Crippen LogP contribution is 2.36. The first-order valence-electron chi connectivity index (χ1n) is 10.5. The number of carbonyl (C=O) groups is 2. The summed E-state index contributed by atoms with van der Waals surface area (Å²) in [7, 11) is 0. The fourth-order valence-corrected chi connectivity index (χ4v) is 4.76. The van der Waals surface area contributed by atoms with Crippen LogP contribution in [0, 0.1) is 5.92 Å². The Kier molecular flexibility index (Phi) is 8.23. The third kappa shape index (κ3) is 6.26. The number of rotatable bonds is 8. The predicted molar refractivity (Wildman–Crippen MR) is 126 cm³/mol. The molecule has 0 aromatic heterocycles. The van der Waals surface area contributed by atoms with E-state index < -0.39 is 0 Å². The van der Waals surface area contributed by atoms with Gasteiger partial charge in [-0.2, -0.15) is 11.8 Å². The molecule has 30 heavy (non-hydrogen) atoms. The highest BCUT2D eigenvalue weighted by molar-refractivity contribution is 7.99. The van der Waals surface area contributed by atoms with Gasteiger partial charge in [0.1, 0.15) is 0 Å². The molecule has 2 atom stereocenters. The molecule has 0 bridgehead atoms. The first kappa shape index (κ1) is 22.7. The topological polar surface area (TPSA) is 49.4 Å². The van der Waals surface area contributed by atoms with Crippen LogP contribution in [0.1, 0.15) is 44.7 Å². The normalized spacial score (nSPS) is 19.2. The zero-order valence-electron chi connectivity index (χ0n) is 17.5. The summed E-state index contributed by atoms with van der Waals surface area (Å²) in [6.07, 6.45) is 1.78. The van der Waals surface area contributed by atoms with Crippen molar-refractivity contribution >= 4 is 40.9 Å². The van der Waals surface area contributed by atoms with E-state index in [1.165, 1.54) is 0 Å². The second-order valence-electron chi connectivity index (χ2n) is 7.91.